The van der Waals surface area contributed by atoms with Crippen molar-refractivity contribution in [2.75, 3.05) is 13.1 Å². The minimum absolute atomic E-state index is 0.0222. The van der Waals surface area contributed by atoms with Crippen LogP contribution >= 0.6 is 11.3 Å². The smallest absolute Gasteiger partial charge is 0.410 e. The van der Waals surface area contributed by atoms with Gasteiger partial charge < -0.3 is 15.4 Å². The molecule has 2 aliphatic rings. The molecule has 0 spiro atoms. The fraction of sp³-hybridized carbons (Fsp3) is 0.250. The molecule has 0 saturated carbocycles. The van der Waals surface area contributed by atoms with E-state index < -0.39 is 23.3 Å². The predicted octanol–water partition coefficient (Wildman–Crippen LogP) is 3.81. The van der Waals surface area contributed by atoms with E-state index in [-0.39, 0.29) is 31.0 Å². The number of nitrogens with two attached hydrogens (primary N) is 1. The molecule has 2 heterocycles. The van der Waals surface area contributed by atoms with Gasteiger partial charge in [0.25, 0.3) is 0 Å². The third kappa shape index (κ3) is 3.39. The number of hydrogen-bond donors (Lipinski definition) is 1. The van der Waals surface area contributed by atoms with Crippen LogP contribution in [0, 0.1) is 45.3 Å². The quantitative estimate of drug-likeness (QED) is 0.771. The standard InChI is InChI=1S/C24H19N5O2S/c25-11-18-17-8-9-29(23(30)31-13-16-5-2-1-3-6-16)12-19(17)21(20-7-4-10-32-20)24(14-26,15-27)22(18)28/h1-8,10,19,21H,9,12-13,28H2. The van der Waals surface area contributed by atoms with Gasteiger partial charge >= 0.3 is 6.09 Å². The first-order valence-corrected chi connectivity index (χ1v) is 10.9. The molecule has 0 fully saturated rings. The van der Waals surface area contributed by atoms with Gasteiger partial charge in [-0.2, -0.15) is 15.8 Å². The Labute approximate surface area is 189 Å². The highest BCUT2D eigenvalue weighted by molar-refractivity contribution is 7.10. The van der Waals surface area contributed by atoms with Gasteiger partial charge in [0, 0.05) is 29.8 Å². The van der Waals surface area contributed by atoms with Gasteiger partial charge in [0.2, 0.25) is 0 Å². The van der Waals surface area contributed by atoms with Gasteiger partial charge in [-0.05, 0) is 22.6 Å². The number of benzene rings is 1. The zero-order valence-corrected chi connectivity index (χ0v) is 17.9. The van der Waals surface area contributed by atoms with Crippen LogP contribution in [0.5, 0.6) is 0 Å². The Balaban J connectivity index is 1.69. The van der Waals surface area contributed by atoms with E-state index in [4.69, 9.17) is 10.5 Å². The lowest BCUT2D eigenvalue weighted by Crippen LogP contribution is -2.49. The summed E-state index contributed by atoms with van der Waals surface area (Å²) in [4.78, 5) is 15.1. The Kier molecular flexibility index (Phi) is 5.69. The molecule has 1 aromatic carbocycles. The molecule has 1 aliphatic heterocycles. The van der Waals surface area contributed by atoms with E-state index in [0.29, 0.717) is 5.57 Å². The molecule has 32 heavy (non-hydrogen) atoms. The predicted molar refractivity (Wildman–Crippen MR) is 117 cm³/mol. The second kappa shape index (κ2) is 8.59. The van der Waals surface area contributed by atoms with Gasteiger partial charge in [-0.15, -0.1) is 11.3 Å². The number of rotatable bonds is 3. The van der Waals surface area contributed by atoms with Crippen LogP contribution in [0.4, 0.5) is 4.79 Å². The van der Waals surface area contributed by atoms with Crippen molar-refractivity contribution in [3.05, 3.63) is 81.2 Å². The molecule has 158 valence electrons. The molecule has 7 nitrogen and oxygen atoms in total. The molecule has 8 heteroatoms. The average molecular weight is 442 g/mol. The average Bonchev–Trinajstić information content (AvgIpc) is 3.36. The van der Waals surface area contributed by atoms with Crippen LogP contribution in [-0.2, 0) is 11.3 Å². The number of ether oxygens (including phenoxy) is 1. The Morgan fingerprint density at radius 2 is 1.94 bits per heavy atom. The van der Waals surface area contributed by atoms with Crippen LogP contribution in [0.1, 0.15) is 16.4 Å². The number of carbonyl (C=O) groups is 1. The number of hydrogen-bond acceptors (Lipinski definition) is 7. The van der Waals surface area contributed by atoms with Crippen LogP contribution in [0.3, 0.4) is 0 Å². The third-order valence-electron chi connectivity index (χ3n) is 5.98. The van der Waals surface area contributed by atoms with Crippen LogP contribution < -0.4 is 5.73 Å². The molecule has 2 N–H and O–H groups in total. The maximum Gasteiger partial charge on any atom is 0.410 e. The first-order valence-electron chi connectivity index (χ1n) is 9.98. The van der Waals surface area contributed by atoms with E-state index in [1.54, 1.807) is 6.08 Å². The van der Waals surface area contributed by atoms with Crippen molar-refractivity contribution in [2.24, 2.45) is 17.1 Å². The van der Waals surface area contributed by atoms with Gasteiger partial charge in [-0.3, -0.25) is 0 Å². The topological polar surface area (TPSA) is 127 Å². The normalized spacial score (nSPS) is 21.4. The Hall–Kier alpha value is -4.06. The summed E-state index contributed by atoms with van der Waals surface area (Å²) in [6.45, 7) is 0.606. The molecule has 1 aromatic heterocycles. The first kappa shape index (κ1) is 21.2. The Bertz CT molecular complexity index is 1200. The van der Waals surface area contributed by atoms with Gasteiger partial charge in [-0.25, -0.2) is 4.79 Å². The zero-order valence-electron chi connectivity index (χ0n) is 17.1. The second-order valence-corrected chi connectivity index (χ2v) is 8.62. The Morgan fingerprint density at radius 1 is 1.19 bits per heavy atom. The van der Waals surface area contributed by atoms with Gasteiger partial charge in [0.1, 0.15) is 12.7 Å². The number of nitriles is 3. The summed E-state index contributed by atoms with van der Waals surface area (Å²) in [5, 5.41) is 31.8. The summed E-state index contributed by atoms with van der Waals surface area (Å²) in [6.07, 6.45) is 1.29. The second-order valence-electron chi connectivity index (χ2n) is 7.64. The van der Waals surface area contributed by atoms with Crippen LogP contribution in [0.25, 0.3) is 0 Å². The maximum absolute atomic E-state index is 12.8. The molecule has 0 radical (unpaired) electrons. The SMILES string of the molecule is N#CC1=C(N)C(C#N)(C#N)C(c2cccs2)C2CN(C(=O)OCc3ccccc3)CC=C12. The molecule has 0 saturated heterocycles. The number of allylic oxidation sites excluding steroid dienone is 2. The summed E-state index contributed by atoms with van der Waals surface area (Å²) in [6, 6.07) is 19.3. The zero-order chi connectivity index (χ0) is 22.7. The van der Waals surface area contributed by atoms with E-state index in [9.17, 15) is 20.6 Å². The van der Waals surface area contributed by atoms with Crippen molar-refractivity contribution in [1.82, 2.24) is 4.90 Å². The van der Waals surface area contributed by atoms with Crippen molar-refractivity contribution in [3.63, 3.8) is 0 Å². The lowest BCUT2D eigenvalue weighted by molar-refractivity contribution is 0.0900. The number of carbonyl (C=O) groups excluding carboxylic acids is 1. The number of amides is 1. The summed E-state index contributed by atoms with van der Waals surface area (Å²) in [5.41, 5.74) is 6.26. The third-order valence-corrected chi connectivity index (χ3v) is 6.93. The number of thiophene rings is 1. The molecule has 4 rings (SSSR count). The number of fused-ring (bicyclic) bond motifs is 1. The van der Waals surface area contributed by atoms with Crippen LogP contribution in [0.15, 0.2) is 70.8 Å². The van der Waals surface area contributed by atoms with Gasteiger partial charge in [0.05, 0.1) is 23.4 Å². The van der Waals surface area contributed by atoms with Crippen LogP contribution in [0.2, 0.25) is 0 Å². The van der Waals surface area contributed by atoms with Crippen molar-refractivity contribution < 1.29 is 9.53 Å². The lowest BCUT2D eigenvalue weighted by Gasteiger charge is -2.44. The summed E-state index contributed by atoms with van der Waals surface area (Å²) < 4.78 is 5.48. The summed E-state index contributed by atoms with van der Waals surface area (Å²) in [7, 11) is 0. The van der Waals surface area contributed by atoms with Crippen molar-refractivity contribution in [2.45, 2.75) is 12.5 Å². The lowest BCUT2D eigenvalue weighted by atomic mass is 9.59. The molecule has 2 atom stereocenters. The minimum Gasteiger partial charge on any atom is -0.445 e. The van der Waals surface area contributed by atoms with E-state index in [1.165, 1.54) is 16.2 Å². The highest BCUT2D eigenvalue weighted by Gasteiger charge is 2.55. The highest BCUT2D eigenvalue weighted by atomic mass is 32.1. The van der Waals surface area contributed by atoms with Crippen molar-refractivity contribution >= 4 is 17.4 Å². The van der Waals surface area contributed by atoms with Crippen LogP contribution in [-0.4, -0.2) is 24.1 Å². The monoisotopic (exact) mass is 441 g/mol. The fourth-order valence-electron chi connectivity index (χ4n) is 4.41. The molecule has 0 bridgehead atoms. The van der Waals surface area contributed by atoms with E-state index in [1.807, 2.05) is 47.8 Å². The summed E-state index contributed by atoms with van der Waals surface area (Å²) in [5.74, 6) is -1.04. The highest BCUT2D eigenvalue weighted by Crippen LogP contribution is 2.54. The molecule has 1 amide bonds. The van der Waals surface area contributed by atoms with Crippen molar-refractivity contribution in [3.8, 4) is 18.2 Å². The molecular weight excluding hydrogens is 422 g/mol. The largest absolute Gasteiger partial charge is 0.445 e. The Morgan fingerprint density at radius 3 is 2.56 bits per heavy atom. The van der Waals surface area contributed by atoms with Gasteiger partial charge in [0.15, 0.2) is 5.41 Å². The fourth-order valence-corrected chi connectivity index (χ4v) is 5.37. The van der Waals surface area contributed by atoms with E-state index in [2.05, 4.69) is 18.2 Å². The van der Waals surface area contributed by atoms with E-state index >= 15 is 0 Å². The molecule has 2 aromatic rings. The number of nitrogens with zero attached hydrogens (tertiary/aromatic N) is 4. The van der Waals surface area contributed by atoms with Crippen molar-refractivity contribution in [1.29, 1.82) is 15.8 Å². The molecule has 2 unspecified atom stereocenters. The summed E-state index contributed by atoms with van der Waals surface area (Å²) >= 11 is 1.42. The molecular formula is C24H19N5O2S. The molecule has 1 aliphatic carbocycles. The first-order chi connectivity index (χ1) is 15.6. The maximum atomic E-state index is 12.8. The van der Waals surface area contributed by atoms with Gasteiger partial charge in [-0.1, -0.05) is 42.5 Å². The van der Waals surface area contributed by atoms with E-state index in [0.717, 1.165) is 10.4 Å². The minimum atomic E-state index is -1.70.